The molecule has 0 aliphatic heterocycles. The Morgan fingerprint density at radius 2 is 2.19 bits per heavy atom. The number of rotatable bonds is 2. The van der Waals surface area contributed by atoms with Gasteiger partial charge in [-0.25, -0.2) is 0 Å². The molecule has 0 saturated heterocycles. The quantitative estimate of drug-likeness (QED) is 0.836. The summed E-state index contributed by atoms with van der Waals surface area (Å²) in [7, 11) is 0. The molecule has 1 aliphatic rings. The first-order valence-electron chi connectivity index (χ1n) is 6.72. The Balaban J connectivity index is 2.48. The molecule has 1 atom stereocenters. The average molecular weight is 316 g/mol. The van der Waals surface area contributed by atoms with Gasteiger partial charge in [0.1, 0.15) is 11.1 Å². The van der Waals surface area contributed by atoms with Crippen molar-refractivity contribution in [1.29, 1.82) is 5.26 Å². The Hall–Kier alpha value is -1.55. The minimum absolute atomic E-state index is 0.109. The fourth-order valence-corrected chi connectivity index (χ4v) is 4.10. The molecule has 1 heterocycles. The summed E-state index contributed by atoms with van der Waals surface area (Å²) in [6.07, 6.45) is -2.57. The van der Waals surface area contributed by atoms with Crippen molar-refractivity contribution in [2.75, 3.05) is 11.4 Å². The minimum atomic E-state index is -4.93. The normalized spacial score (nSPS) is 18.0. The SMILES string of the molecule is CCN(C(=O)C(F)(F)F)c1sc2c(c1C#N)CC[C@@H](C)C2. The van der Waals surface area contributed by atoms with Crippen molar-refractivity contribution >= 4 is 22.2 Å². The number of carbonyl (C=O) groups is 1. The van der Waals surface area contributed by atoms with Gasteiger partial charge in [-0.1, -0.05) is 6.92 Å². The second kappa shape index (κ2) is 5.68. The molecule has 21 heavy (non-hydrogen) atoms. The van der Waals surface area contributed by atoms with Crippen molar-refractivity contribution in [3.63, 3.8) is 0 Å². The summed E-state index contributed by atoms with van der Waals surface area (Å²) in [4.78, 5) is 13.2. The first kappa shape index (κ1) is 15.8. The zero-order valence-electron chi connectivity index (χ0n) is 11.8. The molecule has 0 unspecified atom stereocenters. The van der Waals surface area contributed by atoms with Crippen LogP contribution in [0.1, 0.15) is 36.3 Å². The summed E-state index contributed by atoms with van der Waals surface area (Å²) < 4.78 is 38.1. The van der Waals surface area contributed by atoms with Crippen LogP contribution in [0.3, 0.4) is 0 Å². The van der Waals surface area contributed by atoms with Crippen LogP contribution in [-0.2, 0) is 17.6 Å². The van der Waals surface area contributed by atoms with Crippen molar-refractivity contribution in [3.8, 4) is 6.07 Å². The maximum Gasteiger partial charge on any atom is 0.471 e. The van der Waals surface area contributed by atoms with Crippen molar-refractivity contribution < 1.29 is 18.0 Å². The van der Waals surface area contributed by atoms with Crippen molar-refractivity contribution in [3.05, 3.63) is 16.0 Å². The first-order chi connectivity index (χ1) is 9.79. The zero-order chi connectivity index (χ0) is 15.8. The third-order valence-corrected chi connectivity index (χ3v) is 4.93. The molecule has 1 amide bonds. The smallest absolute Gasteiger partial charge is 0.295 e. The van der Waals surface area contributed by atoms with E-state index >= 15 is 0 Å². The lowest BCUT2D eigenvalue weighted by molar-refractivity contribution is -0.170. The molecule has 3 nitrogen and oxygen atoms in total. The van der Waals surface area contributed by atoms with Gasteiger partial charge in [0.05, 0.1) is 5.56 Å². The third-order valence-electron chi connectivity index (χ3n) is 3.65. The second-order valence-corrected chi connectivity index (χ2v) is 6.27. The lowest BCUT2D eigenvalue weighted by atomic mass is 9.88. The Kier molecular flexibility index (Phi) is 4.28. The lowest BCUT2D eigenvalue weighted by Gasteiger charge is -2.20. The van der Waals surface area contributed by atoms with E-state index in [2.05, 4.69) is 6.92 Å². The standard InChI is InChI=1S/C14H15F3N2OS/c1-3-19(13(20)14(15,16)17)12-10(7-18)9-5-4-8(2)6-11(9)21-12/h8H,3-6H2,1-2H3/t8-/m1/s1. The van der Waals surface area contributed by atoms with Gasteiger partial charge in [0.25, 0.3) is 0 Å². The molecule has 0 spiro atoms. The van der Waals surface area contributed by atoms with Gasteiger partial charge in [-0.05, 0) is 37.7 Å². The summed E-state index contributed by atoms with van der Waals surface area (Å²) in [5, 5.41) is 9.44. The number of hydrogen-bond acceptors (Lipinski definition) is 3. The molecule has 1 aromatic rings. The van der Waals surface area contributed by atoms with Gasteiger partial charge < -0.3 is 0 Å². The Labute approximate surface area is 125 Å². The molecule has 2 rings (SSSR count). The Bertz CT molecular complexity index is 601. The molecule has 0 N–H and O–H groups in total. The number of halogens is 3. The van der Waals surface area contributed by atoms with E-state index in [0.717, 1.165) is 34.6 Å². The minimum Gasteiger partial charge on any atom is -0.295 e. The molecule has 114 valence electrons. The number of hydrogen-bond donors (Lipinski definition) is 0. The molecular weight excluding hydrogens is 301 g/mol. The van der Waals surface area contributed by atoms with Crippen LogP contribution >= 0.6 is 11.3 Å². The summed E-state index contributed by atoms with van der Waals surface area (Å²) in [5.74, 6) is -1.46. The largest absolute Gasteiger partial charge is 0.471 e. The molecular formula is C14H15F3N2OS. The molecule has 7 heteroatoms. The Morgan fingerprint density at radius 3 is 2.71 bits per heavy atom. The van der Waals surface area contributed by atoms with E-state index in [-0.39, 0.29) is 17.1 Å². The van der Waals surface area contributed by atoms with Crippen LogP contribution in [0.4, 0.5) is 18.2 Å². The van der Waals surface area contributed by atoms with Crippen LogP contribution in [0.2, 0.25) is 0 Å². The molecule has 0 fully saturated rings. The highest BCUT2D eigenvalue weighted by Gasteiger charge is 2.44. The summed E-state index contributed by atoms with van der Waals surface area (Å²) in [6.45, 7) is 3.45. The third kappa shape index (κ3) is 2.91. The van der Waals surface area contributed by atoms with Crippen LogP contribution in [0.5, 0.6) is 0 Å². The predicted octanol–water partition coefficient (Wildman–Crippen LogP) is 3.66. The predicted molar refractivity (Wildman–Crippen MR) is 74.3 cm³/mol. The fourth-order valence-electron chi connectivity index (χ4n) is 2.57. The van der Waals surface area contributed by atoms with Crippen molar-refractivity contribution in [2.45, 2.75) is 39.3 Å². The molecule has 0 aromatic carbocycles. The topological polar surface area (TPSA) is 44.1 Å². The number of alkyl halides is 3. The van der Waals surface area contributed by atoms with E-state index in [1.54, 1.807) is 0 Å². The van der Waals surface area contributed by atoms with Gasteiger partial charge in [-0.15, -0.1) is 11.3 Å². The van der Waals surface area contributed by atoms with Crippen LogP contribution in [0.15, 0.2) is 0 Å². The Morgan fingerprint density at radius 1 is 1.52 bits per heavy atom. The maximum absolute atomic E-state index is 12.7. The molecule has 0 radical (unpaired) electrons. The van der Waals surface area contributed by atoms with E-state index in [0.29, 0.717) is 17.2 Å². The number of nitrogens with zero attached hydrogens (tertiary/aromatic N) is 2. The molecule has 1 aromatic heterocycles. The van der Waals surface area contributed by atoms with Crippen LogP contribution in [0, 0.1) is 17.2 Å². The second-order valence-electron chi connectivity index (χ2n) is 5.19. The molecule has 1 aliphatic carbocycles. The summed E-state index contributed by atoms with van der Waals surface area (Å²) in [5.41, 5.74) is 1.06. The van der Waals surface area contributed by atoms with E-state index in [1.807, 2.05) is 6.07 Å². The van der Waals surface area contributed by atoms with E-state index in [4.69, 9.17) is 0 Å². The van der Waals surface area contributed by atoms with Gasteiger partial charge >= 0.3 is 12.1 Å². The van der Waals surface area contributed by atoms with Gasteiger partial charge in [0, 0.05) is 11.4 Å². The monoisotopic (exact) mass is 316 g/mol. The van der Waals surface area contributed by atoms with E-state index in [1.165, 1.54) is 6.92 Å². The lowest BCUT2D eigenvalue weighted by Crippen LogP contribution is -2.41. The highest BCUT2D eigenvalue weighted by Crippen LogP contribution is 2.41. The first-order valence-corrected chi connectivity index (χ1v) is 7.54. The van der Waals surface area contributed by atoms with Crippen LogP contribution < -0.4 is 4.90 Å². The van der Waals surface area contributed by atoms with E-state index in [9.17, 15) is 23.2 Å². The number of thiophene rings is 1. The number of anilines is 1. The average Bonchev–Trinajstić information content (AvgIpc) is 2.75. The van der Waals surface area contributed by atoms with Crippen LogP contribution in [-0.4, -0.2) is 18.6 Å². The number of fused-ring (bicyclic) bond motifs is 1. The van der Waals surface area contributed by atoms with Gasteiger partial charge in [0.2, 0.25) is 0 Å². The highest BCUT2D eigenvalue weighted by atomic mass is 32.1. The van der Waals surface area contributed by atoms with Gasteiger partial charge in [-0.2, -0.15) is 18.4 Å². The van der Waals surface area contributed by atoms with E-state index < -0.39 is 12.1 Å². The van der Waals surface area contributed by atoms with Gasteiger partial charge in [0.15, 0.2) is 0 Å². The molecule has 0 bridgehead atoms. The highest BCUT2D eigenvalue weighted by molar-refractivity contribution is 7.16. The molecule has 0 saturated carbocycles. The zero-order valence-corrected chi connectivity index (χ0v) is 12.6. The maximum atomic E-state index is 12.7. The fraction of sp³-hybridized carbons (Fsp3) is 0.571. The van der Waals surface area contributed by atoms with Crippen LogP contribution in [0.25, 0.3) is 0 Å². The van der Waals surface area contributed by atoms with Crippen molar-refractivity contribution in [2.24, 2.45) is 5.92 Å². The van der Waals surface area contributed by atoms with Crippen molar-refractivity contribution in [1.82, 2.24) is 0 Å². The summed E-state index contributed by atoms with van der Waals surface area (Å²) in [6, 6.07) is 1.99. The number of amides is 1. The number of carbonyl (C=O) groups excluding carboxylic acids is 1. The van der Waals surface area contributed by atoms with Gasteiger partial charge in [-0.3, -0.25) is 9.69 Å². The summed E-state index contributed by atoms with van der Waals surface area (Å²) >= 11 is 1.15. The number of nitriles is 1.